The number of rotatable bonds is 6. The zero-order valence-corrected chi connectivity index (χ0v) is 13.0. The molecule has 0 atom stereocenters. The zero-order valence-electron chi connectivity index (χ0n) is 12.1. The van der Waals surface area contributed by atoms with Gasteiger partial charge in [-0.2, -0.15) is 0 Å². The molecule has 0 fully saturated rings. The second-order valence-electron chi connectivity index (χ2n) is 4.91. The number of carbonyl (C=O) groups excluding carboxylic acids is 1. The third kappa shape index (κ3) is 4.50. The molecule has 0 aliphatic carbocycles. The largest absolute Gasteiger partial charge is 0.325 e. The van der Waals surface area contributed by atoms with Gasteiger partial charge in [-0.3, -0.25) is 9.52 Å². The van der Waals surface area contributed by atoms with Crippen LogP contribution in [0.15, 0.2) is 24.3 Å². The minimum Gasteiger partial charge on any atom is -0.325 e. The quantitative estimate of drug-likeness (QED) is 0.740. The van der Waals surface area contributed by atoms with Crippen LogP contribution in [0.5, 0.6) is 0 Å². The Labute approximate surface area is 120 Å². The third-order valence-corrected chi connectivity index (χ3v) is 4.30. The predicted octanol–water partition coefficient (Wildman–Crippen LogP) is 1.38. The summed E-state index contributed by atoms with van der Waals surface area (Å²) in [5, 5.41) is 5.67. The van der Waals surface area contributed by atoms with Gasteiger partial charge in [0.05, 0.1) is 11.3 Å². The van der Waals surface area contributed by atoms with Crippen molar-refractivity contribution < 1.29 is 13.2 Å². The van der Waals surface area contributed by atoms with Gasteiger partial charge in [-0.25, -0.2) is 8.42 Å². The first kappa shape index (κ1) is 16.5. The average molecular weight is 299 g/mol. The van der Waals surface area contributed by atoms with Gasteiger partial charge in [0.1, 0.15) is 0 Å². The summed E-state index contributed by atoms with van der Waals surface area (Å²) in [6, 6.07) is 6.51. The molecule has 0 saturated carbocycles. The Kier molecular flexibility index (Phi) is 5.13. The molecule has 0 radical (unpaired) electrons. The van der Waals surface area contributed by atoms with Crippen LogP contribution in [0.3, 0.4) is 0 Å². The minimum absolute atomic E-state index is 0.0157. The minimum atomic E-state index is -3.28. The first-order valence-electron chi connectivity index (χ1n) is 6.31. The van der Waals surface area contributed by atoms with Crippen molar-refractivity contribution in [2.75, 3.05) is 22.8 Å². The van der Waals surface area contributed by atoms with Crippen LogP contribution in [0, 0.1) is 0 Å². The van der Waals surface area contributed by atoms with Gasteiger partial charge in [-0.15, -0.1) is 0 Å². The lowest BCUT2D eigenvalue weighted by molar-refractivity contribution is -0.121. The number of amides is 1. The highest BCUT2D eigenvalue weighted by Crippen LogP contribution is 2.16. The zero-order chi connectivity index (χ0) is 15.4. The summed E-state index contributed by atoms with van der Waals surface area (Å²) in [6.07, 6.45) is 0. The molecule has 7 heteroatoms. The van der Waals surface area contributed by atoms with Crippen LogP contribution in [-0.2, 0) is 14.8 Å². The summed E-state index contributed by atoms with van der Waals surface area (Å²) >= 11 is 0. The van der Waals surface area contributed by atoms with Crippen molar-refractivity contribution in [3.05, 3.63) is 24.3 Å². The fraction of sp³-hybridized carbons (Fsp3) is 0.462. The van der Waals surface area contributed by atoms with Crippen molar-refractivity contribution in [2.45, 2.75) is 26.3 Å². The van der Waals surface area contributed by atoms with Crippen molar-refractivity contribution in [1.29, 1.82) is 0 Å². The molecule has 0 aliphatic rings. The number of sulfonamides is 1. The Balaban J connectivity index is 2.75. The molecule has 20 heavy (non-hydrogen) atoms. The molecule has 0 aromatic heterocycles. The van der Waals surface area contributed by atoms with Gasteiger partial charge in [0.2, 0.25) is 15.9 Å². The van der Waals surface area contributed by atoms with Crippen molar-refractivity contribution in [3.8, 4) is 0 Å². The van der Waals surface area contributed by atoms with Gasteiger partial charge >= 0.3 is 0 Å². The summed E-state index contributed by atoms with van der Waals surface area (Å²) in [6.45, 7) is 5.11. The maximum Gasteiger partial charge on any atom is 0.244 e. The highest BCUT2D eigenvalue weighted by atomic mass is 32.2. The van der Waals surface area contributed by atoms with E-state index in [1.54, 1.807) is 52.1 Å². The van der Waals surface area contributed by atoms with Gasteiger partial charge in [-0.05, 0) is 52.1 Å². The maximum atomic E-state index is 11.9. The smallest absolute Gasteiger partial charge is 0.244 e. The fourth-order valence-corrected chi connectivity index (χ4v) is 1.91. The number of carbonyl (C=O) groups is 1. The molecular formula is C13H21N3O3S. The second kappa shape index (κ2) is 6.23. The van der Waals surface area contributed by atoms with Gasteiger partial charge < -0.3 is 10.6 Å². The number of nitrogens with one attached hydrogen (secondary N) is 3. The first-order valence-corrected chi connectivity index (χ1v) is 7.96. The van der Waals surface area contributed by atoms with E-state index in [0.717, 1.165) is 0 Å². The molecule has 0 bridgehead atoms. The van der Waals surface area contributed by atoms with E-state index in [1.807, 2.05) is 0 Å². The molecule has 1 aromatic carbocycles. The highest BCUT2D eigenvalue weighted by molar-refractivity contribution is 7.92. The van der Waals surface area contributed by atoms with Gasteiger partial charge in [0.15, 0.2) is 0 Å². The molecule has 0 spiro atoms. The molecule has 1 aromatic rings. The van der Waals surface area contributed by atoms with E-state index in [-0.39, 0.29) is 11.7 Å². The van der Waals surface area contributed by atoms with Crippen LogP contribution in [-0.4, -0.2) is 32.7 Å². The van der Waals surface area contributed by atoms with Crippen LogP contribution in [0.1, 0.15) is 20.8 Å². The van der Waals surface area contributed by atoms with E-state index in [1.165, 1.54) is 0 Å². The Morgan fingerprint density at radius 2 is 1.65 bits per heavy atom. The van der Waals surface area contributed by atoms with Crippen LogP contribution < -0.4 is 15.4 Å². The number of hydrogen-bond donors (Lipinski definition) is 3. The molecular weight excluding hydrogens is 278 g/mol. The molecule has 1 rings (SSSR count). The Morgan fingerprint density at radius 3 is 2.10 bits per heavy atom. The molecule has 0 unspecified atom stereocenters. The van der Waals surface area contributed by atoms with Crippen molar-refractivity contribution in [1.82, 2.24) is 5.32 Å². The average Bonchev–Trinajstić information content (AvgIpc) is 2.40. The van der Waals surface area contributed by atoms with Crippen molar-refractivity contribution in [3.63, 3.8) is 0 Å². The van der Waals surface area contributed by atoms with Crippen LogP contribution in [0.2, 0.25) is 0 Å². The first-order chi connectivity index (χ1) is 9.20. The molecule has 112 valence electrons. The van der Waals surface area contributed by atoms with E-state index in [0.29, 0.717) is 11.4 Å². The van der Waals surface area contributed by atoms with Crippen molar-refractivity contribution >= 4 is 27.3 Å². The van der Waals surface area contributed by atoms with Crippen LogP contribution in [0.4, 0.5) is 11.4 Å². The molecule has 0 aliphatic heterocycles. The van der Waals surface area contributed by atoms with Crippen LogP contribution >= 0.6 is 0 Å². The lowest BCUT2D eigenvalue weighted by Crippen LogP contribution is -2.47. The SMILES string of the molecule is CCS(=O)(=O)Nc1ccc(NC(=O)C(C)(C)NC)cc1. The van der Waals surface area contributed by atoms with Crippen molar-refractivity contribution in [2.24, 2.45) is 0 Å². The Morgan fingerprint density at radius 1 is 1.15 bits per heavy atom. The predicted molar refractivity (Wildman–Crippen MR) is 81.3 cm³/mol. The Hall–Kier alpha value is -1.60. The van der Waals surface area contributed by atoms with Gasteiger partial charge in [-0.1, -0.05) is 0 Å². The normalized spacial score (nSPS) is 12.0. The van der Waals surface area contributed by atoms with E-state index in [4.69, 9.17) is 0 Å². The topological polar surface area (TPSA) is 87.3 Å². The van der Waals surface area contributed by atoms with Gasteiger partial charge in [0.25, 0.3) is 0 Å². The molecule has 6 nitrogen and oxygen atoms in total. The number of hydrogen-bond acceptors (Lipinski definition) is 4. The fourth-order valence-electron chi connectivity index (χ4n) is 1.27. The van der Waals surface area contributed by atoms with E-state index >= 15 is 0 Å². The maximum absolute atomic E-state index is 11.9. The lowest BCUT2D eigenvalue weighted by Gasteiger charge is -2.22. The van der Waals surface area contributed by atoms with E-state index < -0.39 is 15.6 Å². The number of likely N-dealkylation sites (N-methyl/N-ethyl adjacent to an activating group) is 1. The molecule has 3 N–H and O–H groups in total. The summed E-state index contributed by atoms with van der Waals surface area (Å²) in [7, 11) is -1.57. The molecule has 0 heterocycles. The second-order valence-corrected chi connectivity index (χ2v) is 6.92. The monoisotopic (exact) mass is 299 g/mol. The Bertz CT molecular complexity index is 565. The highest BCUT2D eigenvalue weighted by Gasteiger charge is 2.24. The summed E-state index contributed by atoms with van der Waals surface area (Å²) in [4.78, 5) is 11.9. The summed E-state index contributed by atoms with van der Waals surface area (Å²) in [5.74, 6) is -0.149. The summed E-state index contributed by atoms with van der Waals surface area (Å²) < 4.78 is 25.3. The number of anilines is 2. The van der Waals surface area contributed by atoms with Gasteiger partial charge in [0, 0.05) is 11.4 Å². The third-order valence-electron chi connectivity index (χ3n) is 2.99. The molecule has 0 saturated heterocycles. The van der Waals surface area contributed by atoms with E-state index in [2.05, 4.69) is 15.4 Å². The lowest BCUT2D eigenvalue weighted by atomic mass is 10.1. The van der Waals surface area contributed by atoms with E-state index in [9.17, 15) is 13.2 Å². The molecule has 1 amide bonds. The number of benzene rings is 1. The standard InChI is InChI=1S/C13H21N3O3S/c1-5-20(18,19)16-11-8-6-10(7-9-11)15-12(17)13(2,3)14-4/h6-9,14,16H,5H2,1-4H3,(H,15,17). The van der Waals surface area contributed by atoms with Crippen LogP contribution in [0.25, 0.3) is 0 Å². The summed E-state index contributed by atoms with van der Waals surface area (Å²) in [5.41, 5.74) is 0.401.